The van der Waals surface area contributed by atoms with Gasteiger partial charge in [0.1, 0.15) is 17.5 Å². The minimum Gasteiger partial charge on any atom is -0.459 e. The second kappa shape index (κ2) is 8.81. The van der Waals surface area contributed by atoms with E-state index in [-0.39, 0.29) is 12.0 Å². The predicted octanol–water partition coefficient (Wildman–Crippen LogP) is 3.51. The van der Waals surface area contributed by atoms with Crippen molar-refractivity contribution in [1.29, 1.82) is 0 Å². The first-order valence-corrected chi connectivity index (χ1v) is 11.0. The molecule has 2 aromatic carbocycles. The van der Waals surface area contributed by atoms with Crippen molar-refractivity contribution >= 4 is 17.0 Å². The van der Waals surface area contributed by atoms with Gasteiger partial charge in [0.25, 0.3) is 0 Å². The van der Waals surface area contributed by atoms with Crippen LogP contribution >= 0.6 is 0 Å². The van der Waals surface area contributed by atoms with E-state index in [1.807, 2.05) is 26.8 Å². The number of aromatic nitrogens is 2. The van der Waals surface area contributed by atoms with E-state index < -0.39 is 5.60 Å². The fourth-order valence-electron chi connectivity index (χ4n) is 4.10. The summed E-state index contributed by atoms with van der Waals surface area (Å²) >= 11 is 0. The summed E-state index contributed by atoms with van der Waals surface area (Å²) in [4.78, 5) is 20.0. The van der Waals surface area contributed by atoms with Crippen LogP contribution in [0, 0.1) is 6.92 Å². The molecule has 0 spiro atoms. The standard InChI is InChI=1S/C25H32N4O2/c1-18-9-5-6-10-19(18)16-29-21-12-8-7-11-20(21)27-23(29)17-28-14-13-26-15-22(28)24(30)31-25(2,3)4/h5-12,22,26H,13-17H2,1-4H3. The van der Waals surface area contributed by atoms with Crippen molar-refractivity contribution in [2.75, 3.05) is 19.6 Å². The highest BCUT2D eigenvalue weighted by Gasteiger charge is 2.33. The van der Waals surface area contributed by atoms with Crippen LogP contribution in [0.3, 0.4) is 0 Å². The van der Waals surface area contributed by atoms with Crippen molar-refractivity contribution < 1.29 is 9.53 Å². The van der Waals surface area contributed by atoms with E-state index >= 15 is 0 Å². The first kappa shape index (κ1) is 21.5. The summed E-state index contributed by atoms with van der Waals surface area (Å²) < 4.78 is 7.98. The molecule has 0 aliphatic carbocycles. The lowest BCUT2D eigenvalue weighted by Gasteiger charge is -2.35. The molecule has 1 aliphatic heterocycles. The highest BCUT2D eigenvalue weighted by Crippen LogP contribution is 2.22. The number of para-hydroxylation sites is 2. The summed E-state index contributed by atoms with van der Waals surface area (Å²) in [6, 6.07) is 16.4. The van der Waals surface area contributed by atoms with Crippen molar-refractivity contribution in [1.82, 2.24) is 19.8 Å². The van der Waals surface area contributed by atoms with E-state index in [0.29, 0.717) is 13.1 Å². The summed E-state index contributed by atoms with van der Waals surface area (Å²) in [6.45, 7) is 11.4. The number of carbonyl (C=O) groups is 1. The molecule has 1 fully saturated rings. The van der Waals surface area contributed by atoms with Crippen molar-refractivity contribution in [3.05, 3.63) is 65.5 Å². The number of imidazole rings is 1. The van der Waals surface area contributed by atoms with Gasteiger partial charge in [0.15, 0.2) is 0 Å². The molecule has 164 valence electrons. The van der Waals surface area contributed by atoms with Crippen molar-refractivity contribution in [3.8, 4) is 0 Å². The molecule has 0 radical (unpaired) electrons. The Morgan fingerprint density at radius 2 is 1.87 bits per heavy atom. The van der Waals surface area contributed by atoms with Crippen molar-refractivity contribution in [3.63, 3.8) is 0 Å². The Labute approximate surface area is 184 Å². The van der Waals surface area contributed by atoms with Gasteiger partial charge in [0.05, 0.1) is 17.6 Å². The van der Waals surface area contributed by atoms with Crippen LogP contribution in [0.25, 0.3) is 11.0 Å². The van der Waals surface area contributed by atoms with Gasteiger partial charge in [-0.15, -0.1) is 0 Å². The lowest BCUT2D eigenvalue weighted by Crippen LogP contribution is -2.56. The van der Waals surface area contributed by atoms with Gasteiger partial charge in [0, 0.05) is 26.2 Å². The molecule has 6 nitrogen and oxygen atoms in total. The first-order chi connectivity index (χ1) is 14.8. The van der Waals surface area contributed by atoms with Crippen LogP contribution < -0.4 is 5.32 Å². The number of nitrogens with one attached hydrogen (secondary N) is 1. The molecule has 1 aromatic heterocycles. The molecule has 31 heavy (non-hydrogen) atoms. The molecule has 6 heteroatoms. The summed E-state index contributed by atoms with van der Waals surface area (Å²) in [5.74, 6) is 0.793. The first-order valence-electron chi connectivity index (χ1n) is 11.0. The number of ether oxygens (including phenoxy) is 1. The number of nitrogens with zero attached hydrogens (tertiary/aromatic N) is 3. The maximum Gasteiger partial charge on any atom is 0.325 e. The smallest absolute Gasteiger partial charge is 0.325 e. The zero-order valence-corrected chi connectivity index (χ0v) is 18.9. The molecule has 1 saturated heterocycles. The summed E-state index contributed by atoms with van der Waals surface area (Å²) in [6.07, 6.45) is 0. The molecule has 0 saturated carbocycles. The minimum absolute atomic E-state index is 0.179. The van der Waals surface area contributed by atoms with Crippen molar-refractivity contribution in [2.45, 2.75) is 52.4 Å². The number of rotatable bonds is 5. The van der Waals surface area contributed by atoms with Gasteiger partial charge in [0.2, 0.25) is 0 Å². The Morgan fingerprint density at radius 1 is 1.13 bits per heavy atom. The number of fused-ring (bicyclic) bond motifs is 1. The molecule has 1 unspecified atom stereocenters. The van der Waals surface area contributed by atoms with Crippen LogP contribution in [0.15, 0.2) is 48.5 Å². The zero-order chi connectivity index (χ0) is 22.0. The topological polar surface area (TPSA) is 59.4 Å². The van der Waals surface area contributed by atoms with Crippen LogP contribution in [0.4, 0.5) is 0 Å². The second-order valence-corrected chi connectivity index (χ2v) is 9.25. The van der Waals surface area contributed by atoms with E-state index in [0.717, 1.165) is 36.5 Å². The number of aryl methyl sites for hydroxylation is 1. The van der Waals surface area contributed by atoms with Gasteiger partial charge >= 0.3 is 5.97 Å². The second-order valence-electron chi connectivity index (χ2n) is 9.25. The van der Waals surface area contributed by atoms with E-state index in [1.165, 1.54) is 11.1 Å². The predicted molar refractivity (Wildman–Crippen MR) is 123 cm³/mol. The van der Waals surface area contributed by atoms with Gasteiger partial charge in [-0.2, -0.15) is 0 Å². The highest BCUT2D eigenvalue weighted by atomic mass is 16.6. The molecule has 0 bridgehead atoms. The molecule has 1 atom stereocenters. The third-order valence-electron chi connectivity index (χ3n) is 5.70. The van der Waals surface area contributed by atoms with Crippen LogP contribution in [-0.4, -0.2) is 51.7 Å². The summed E-state index contributed by atoms with van der Waals surface area (Å²) in [5.41, 5.74) is 4.13. The minimum atomic E-state index is -0.502. The van der Waals surface area contributed by atoms with Crippen LogP contribution in [-0.2, 0) is 22.6 Å². The lowest BCUT2D eigenvalue weighted by molar-refractivity contribution is -0.162. The average Bonchev–Trinajstić information content (AvgIpc) is 3.06. The maximum absolute atomic E-state index is 12.9. The molecular formula is C25H32N4O2. The molecule has 1 aliphatic rings. The van der Waals surface area contributed by atoms with Crippen LogP contribution in [0.1, 0.15) is 37.7 Å². The normalized spacial score (nSPS) is 17.7. The third kappa shape index (κ3) is 4.97. The fourth-order valence-corrected chi connectivity index (χ4v) is 4.10. The Bertz CT molecular complexity index is 1070. The van der Waals surface area contributed by atoms with E-state index in [2.05, 4.69) is 64.2 Å². The third-order valence-corrected chi connectivity index (χ3v) is 5.70. The van der Waals surface area contributed by atoms with E-state index in [9.17, 15) is 4.79 Å². The SMILES string of the molecule is Cc1ccccc1Cn1c(CN2CCNCC2C(=O)OC(C)(C)C)nc2ccccc21. The van der Waals surface area contributed by atoms with Crippen LogP contribution in [0.2, 0.25) is 0 Å². The van der Waals surface area contributed by atoms with Crippen molar-refractivity contribution in [2.24, 2.45) is 0 Å². The number of benzene rings is 2. The summed E-state index contributed by atoms with van der Waals surface area (Å²) in [7, 11) is 0. The highest BCUT2D eigenvalue weighted by molar-refractivity contribution is 5.77. The average molecular weight is 421 g/mol. The number of hydrogen-bond donors (Lipinski definition) is 1. The van der Waals surface area contributed by atoms with Gasteiger partial charge < -0.3 is 14.6 Å². The van der Waals surface area contributed by atoms with Gasteiger partial charge in [-0.3, -0.25) is 9.69 Å². The molecule has 4 rings (SSSR count). The van der Waals surface area contributed by atoms with Gasteiger partial charge in [-0.1, -0.05) is 36.4 Å². The van der Waals surface area contributed by atoms with Gasteiger partial charge in [-0.25, -0.2) is 4.98 Å². The molecular weight excluding hydrogens is 388 g/mol. The quantitative estimate of drug-likeness (QED) is 0.640. The number of esters is 1. The fraction of sp³-hybridized carbons (Fsp3) is 0.440. The lowest BCUT2D eigenvalue weighted by atomic mass is 10.1. The number of hydrogen-bond acceptors (Lipinski definition) is 5. The molecule has 2 heterocycles. The van der Waals surface area contributed by atoms with E-state index in [1.54, 1.807) is 0 Å². The molecule has 3 aromatic rings. The monoisotopic (exact) mass is 420 g/mol. The Hall–Kier alpha value is -2.70. The largest absolute Gasteiger partial charge is 0.459 e. The Morgan fingerprint density at radius 3 is 2.65 bits per heavy atom. The molecule has 1 N–H and O–H groups in total. The van der Waals surface area contributed by atoms with Crippen LogP contribution in [0.5, 0.6) is 0 Å². The van der Waals surface area contributed by atoms with E-state index in [4.69, 9.17) is 9.72 Å². The zero-order valence-electron chi connectivity index (χ0n) is 18.9. The maximum atomic E-state index is 12.9. The Kier molecular flexibility index (Phi) is 6.12. The molecule has 0 amide bonds. The number of carbonyl (C=O) groups excluding carboxylic acids is 1. The Balaban J connectivity index is 1.65. The van der Waals surface area contributed by atoms with Gasteiger partial charge in [-0.05, 0) is 51.0 Å². The summed E-state index contributed by atoms with van der Waals surface area (Å²) in [5, 5.41) is 3.34. The number of piperazine rings is 1.